The minimum absolute atomic E-state index is 0.784. The summed E-state index contributed by atoms with van der Waals surface area (Å²) in [5.41, 5.74) is 0. The first-order valence-electron chi connectivity index (χ1n) is 9.05. The average Bonchev–Trinajstić information content (AvgIpc) is 3.23. The Hall–Kier alpha value is -0.120. The average molecular weight is 279 g/mol. The first-order chi connectivity index (χ1) is 9.85. The molecular weight excluding hydrogens is 246 g/mol. The van der Waals surface area contributed by atoms with Gasteiger partial charge in [0.2, 0.25) is 0 Å². The predicted molar refractivity (Wildman–Crippen MR) is 85.1 cm³/mol. The first kappa shape index (κ1) is 14.8. The summed E-state index contributed by atoms with van der Waals surface area (Å²) in [4.78, 5) is 5.40. The molecule has 0 aromatic heterocycles. The Morgan fingerprint density at radius 2 is 1.90 bits per heavy atom. The van der Waals surface area contributed by atoms with E-state index >= 15 is 0 Å². The quantitative estimate of drug-likeness (QED) is 0.805. The third kappa shape index (κ3) is 4.19. The third-order valence-electron chi connectivity index (χ3n) is 5.44. The van der Waals surface area contributed by atoms with Gasteiger partial charge >= 0.3 is 0 Å². The molecule has 1 aliphatic carbocycles. The van der Waals surface area contributed by atoms with Gasteiger partial charge < -0.3 is 15.1 Å². The van der Waals surface area contributed by atoms with Crippen LogP contribution in [0.4, 0.5) is 0 Å². The van der Waals surface area contributed by atoms with Gasteiger partial charge in [-0.3, -0.25) is 0 Å². The van der Waals surface area contributed by atoms with E-state index < -0.39 is 0 Å². The van der Waals surface area contributed by atoms with Crippen LogP contribution in [0, 0.1) is 5.92 Å². The molecule has 20 heavy (non-hydrogen) atoms. The van der Waals surface area contributed by atoms with Crippen LogP contribution in [-0.2, 0) is 0 Å². The molecule has 3 aliphatic rings. The summed E-state index contributed by atoms with van der Waals surface area (Å²) in [6.07, 6.45) is 9.80. The monoisotopic (exact) mass is 279 g/mol. The van der Waals surface area contributed by atoms with Gasteiger partial charge in [-0.05, 0) is 83.6 Å². The standard InChI is InChI=1S/C17H33N3/c1-2-9-19-10-3-4-16(8-11-19)18-13-15-7-12-20(14-15)17-5-6-17/h15-18H,2-14H2,1H3. The second-order valence-electron chi connectivity index (χ2n) is 7.26. The second-order valence-corrected chi connectivity index (χ2v) is 7.26. The highest BCUT2D eigenvalue weighted by Crippen LogP contribution is 2.31. The normalized spacial score (nSPS) is 33.5. The van der Waals surface area contributed by atoms with Crippen LogP contribution in [0.25, 0.3) is 0 Å². The van der Waals surface area contributed by atoms with Crippen molar-refractivity contribution in [2.75, 3.05) is 39.3 Å². The summed E-state index contributed by atoms with van der Waals surface area (Å²) in [6.45, 7) is 10.2. The van der Waals surface area contributed by atoms with Gasteiger partial charge in [0.15, 0.2) is 0 Å². The molecular formula is C17H33N3. The molecule has 0 radical (unpaired) electrons. The maximum atomic E-state index is 3.89. The van der Waals surface area contributed by atoms with E-state index in [1.807, 2.05) is 0 Å². The summed E-state index contributed by atoms with van der Waals surface area (Å²) < 4.78 is 0. The minimum Gasteiger partial charge on any atom is -0.314 e. The number of nitrogens with one attached hydrogen (secondary N) is 1. The fourth-order valence-electron chi connectivity index (χ4n) is 4.03. The Bertz CT molecular complexity index is 290. The molecule has 2 saturated heterocycles. The third-order valence-corrected chi connectivity index (χ3v) is 5.44. The van der Waals surface area contributed by atoms with Crippen LogP contribution in [0.1, 0.15) is 51.9 Å². The number of rotatable bonds is 6. The molecule has 0 bridgehead atoms. The highest BCUT2D eigenvalue weighted by atomic mass is 15.2. The van der Waals surface area contributed by atoms with E-state index in [0.717, 1.165) is 18.0 Å². The van der Waals surface area contributed by atoms with Gasteiger partial charge in [-0.25, -0.2) is 0 Å². The largest absolute Gasteiger partial charge is 0.314 e. The van der Waals surface area contributed by atoms with E-state index in [-0.39, 0.29) is 0 Å². The van der Waals surface area contributed by atoms with Crippen LogP contribution in [0.2, 0.25) is 0 Å². The maximum Gasteiger partial charge on any atom is 0.00965 e. The van der Waals surface area contributed by atoms with Crippen LogP contribution >= 0.6 is 0 Å². The van der Waals surface area contributed by atoms with E-state index in [1.165, 1.54) is 84.2 Å². The summed E-state index contributed by atoms with van der Waals surface area (Å²) >= 11 is 0. The van der Waals surface area contributed by atoms with Crippen molar-refractivity contribution in [3.63, 3.8) is 0 Å². The van der Waals surface area contributed by atoms with Crippen molar-refractivity contribution in [2.45, 2.75) is 64.0 Å². The van der Waals surface area contributed by atoms with Crippen LogP contribution < -0.4 is 5.32 Å². The van der Waals surface area contributed by atoms with Crippen LogP contribution in [0.15, 0.2) is 0 Å². The lowest BCUT2D eigenvalue weighted by Crippen LogP contribution is -2.35. The van der Waals surface area contributed by atoms with Crippen LogP contribution in [-0.4, -0.2) is 61.2 Å². The molecule has 1 N–H and O–H groups in total. The van der Waals surface area contributed by atoms with Gasteiger partial charge in [-0.1, -0.05) is 6.92 Å². The van der Waals surface area contributed by atoms with Gasteiger partial charge in [-0.15, -0.1) is 0 Å². The molecule has 3 nitrogen and oxygen atoms in total. The zero-order valence-electron chi connectivity index (χ0n) is 13.3. The maximum absolute atomic E-state index is 3.89. The summed E-state index contributed by atoms with van der Waals surface area (Å²) in [7, 11) is 0. The highest BCUT2D eigenvalue weighted by Gasteiger charge is 2.34. The van der Waals surface area contributed by atoms with E-state index in [4.69, 9.17) is 0 Å². The second kappa shape index (κ2) is 7.24. The molecule has 0 aromatic carbocycles. The minimum atomic E-state index is 0.784. The molecule has 2 atom stereocenters. The molecule has 2 heterocycles. The number of hydrogen-bond acceptors (Lipinski definition) is 3. The van der Waals surface area contributed by atoms with Crippen LogP contribution in [0.5, 0.6) is 0 Å². The van der Waals surface area contributed by atoms with E-state index in [2.05, 4.69) is 22.0 Å². The molecule has 2 unspecified atom stereocenters. The van der Waals surface area contributed by atoms with Crippen molar-refractivity contribution in [1.29, 1.82) is 0 Å². The Kier molecular flexibility index (Phi) is 5.36. The van der Waals surface area contributed by atoms with Crippen molar-refractivity contribution < 1.29 is 0 Å². The van der Waals surface area contributed by atoms with E-state index in [0.29, 0.717) is 0 Å². The SMILES string of the molecule is CCCN1CCCC(NCC2CCN(C3CC3)C2)CC1. The van der Waals surface area contributed by atoms with Crippen molar-refractivity contribution in [1.82, 2.24) is 15.1 Å². The molecule has 3 heteroatoms. The smallest absolute Gasteiger partial charge is 0.00965 e. The molecule has 3 rings (SSSR count). The number of hydrogen-bond donors (Lipinski definition) is 1. The van der Waals surface area contributed by atoms with Gasteiger partial charge in [0.05, 0.1) is 0 Å². The lowest BCUT2D eigenvalue weighted by Gasteiger charge is -2.21. The van der Waals surface area contributed by atoms with Gasteiger partial charge in [0, 0.05) is 18.6 Å². The topological polar surface area (TPSA) is 18.5 Å². The zero-order valence-corrected chi connectivity index (χ0v) is 13.3. The fourth-order valence-corrected chi connectivity index (χ4v) is 4.03. The molecule has 0 amide bonds. The van der Waals surface area contributed by atoms with E-state index in [1.54, 1.807) is 0 Å². The molecule has 3 fully saturated rings. The van der Waals surface area contributed by atoms with Crippen molar-refractivity contribution >= 4 is 0 Å². The fraction of sp³-hybridized carbons (Fsp3) is 1.00. The van der Waals surface area contributed by atoms with Crippen molar-refractivity contribution in [2.24, 2.45) is 5.92 Å². The molecule has 2 aliphatic heterocycles. The number of nitrogens with zero attached hydrogens (tertiary/aromatic N) is 2. The Labute approximate surface area is 125 Å². The van der Waals surface area contributed by atoms with Gasteiger partial charge in [-0.2, -0.15) is 0 Å². The molecule has 1 saturated carbocycles. The summed E-state index contributed by atoms with van der Waals surface area (Å²) in [5.74, 6) is 0.922. The van der Waals surface area contributed by atoms with Gasteiger partial charge in [0.1, 0.15) is 0 Å². The zero-order chi connectivity index (χ0) is 13.8. The van der Waals surface area contributed by atoms with Crippen molar-refractivity contribution in [3.8, 4) is 0 Å². The van der Waals surface area contributed by atoms with E-state index in [9.17, 15) is 0 Å². The highest BCUT2D eigenvalue weighted by molar-refractivity contribution is 4.90. The van der Waals surface area contributed by atoms with Gasteiger partial charge in [0.25, 0.3) is 0 Å². The Morgan fingerprint density at radius 1 is 1.00 bits per heavy atom. The molecule has 0 spiro atoms. The first-order valence-corrected chi connectivity index (χ1v) is 9.05. The predicted octanol–water partition coefficient (Wildman–Crippen LogP) is 2.32. The summed E-state index contributed by atoms with van der Waals surface area (Å²) in [5, 5.41) is 3.89. The lowest BCUT2D eigenvalue weighted by molar-refractivity contribution is 0.281. The molecule has 116 valence electrons. The Morgan fingerprint density at radius 3 is 2.70 bits per heavy atom. The number of likely N-dealkylation sites (tertiary alicyclic amines) is 2. The van der Waals surface area contributed by atoms with Crippen molar-refractivity contribution in [3.05, 3.63) is 0 Å². The Balaban J connectivity index is 1.34. The lowest BCUT2D eigenvalue weighted by atomic mass is 10.1. The van der Waals surface area contributed by atoms with Crippen LogP contribution in [0.3, 0.4) is 0 Å². The summed E-state index contributed by atoms with van der Waals surface area (Å²) in [6, 6.07) is 1.76. The molecule has 0 aromatic rings.